The van der Waals surface area contributed by atoms with E-state index < -0.39 is 0 Å². The molecule has 2 aliphatic heterocycles. The SMILES string of the molecule is COc1ccc(C=CC(=O)C[C@H]2c3c(cc4c(c3OC)OCO4)CCN2C)cc1OC. The third kappa shape index (κ3) is 4.05. The van der Waals surface area contributed by atoms with Crippen molar-refractivity contribution >= 4 is 11.9 Å². The molecule has 4 rings (SSSR count). The van der Waals surface area contributed by atoms with Crippen LogP contribution in [0.3, 0.4) is 0 Å². The number of methoxy groups -OCH3 is 3. The van der Waals surface area contributed by atoms with E-state index in [9.17, 15) is 4.79 Å². The van der Waals surface area contributed by atoms with E-state index in [0.717, 1.165) is 29.7 Å². The zero-order valence-electron chi connectivity index (χ0n) is 18.3. The number of hydrogen-bond donors (Lipinski definition) is 0. The first kappa shape index (κ1) is 21.1. The Balaban J connectivity index is 1.57. The fraction of sp³-hybridized carbons (Fsp3) is 0.375. The van der Waals surface area contributed by atoms with Gasteiger partial charge in [0.1, 0.15) is 0 Å². The lowest BCUT2D eigenvalue weighted by Crippen LogP contribution is -2.33. The number of benzene rings is 2. The Labute approximate surface area is 182 Å². The number of carbonyl (C=O) groups is 1. The molecule has 0 spiro atoms. The van der Waals surface area contributed by atoms with Gasteiger partial charge in [0.05, 0.1) is 21.3 Å². The van der Waals surface area contributed by atoms with Gasteiger partial charge in [0.2, 0.25) is 12.5 Å². The van der Waals surface area contributed by atoms with Gasteiger partial charge >= 0.3 is 0 Å². The summed E-state index contributed by atoms with van der Waals surface area (Å²) in [6, 6.07) is 7.47. The van der Waals surface area contributed by atoms with Crippen molar-refractivity contribution in [1.29, 1.82) is 0 Å². The van der Waals surface area contributed by atoms with Crippen LogP contribution in [0.1, 0.15) is 29.2 Å². The smallest absolute Gasteiger partial charge is 0.231 e. The van der Waals surface area contributed by atoms with Gasteiger partial charge in [-0.05, 0) is 48.9 Å². The van der Waals surface area contributed by atoms with Crippen molar-refractivity contribution in [2.24, 2.45) is 0 Å². The molecule has 0 fully saturated rings. The Hall–Kier alpha value is -3.19. The van der Waals surface area contributed by atoms with Crippen LogP contribution < -0.4 is 23.7 Å². The molecule has 0 radical (unpaired) electrons. The number of fused-ring (bicyclic) bond motifs is 2. The Bertz CT molecular complexity index is 1020. The van der Waals surface area contributed by atoms with Gasteiger partial charge in [0.25, 0.3) is 0 Å². The highest BCUT2D eigenvalue weighted by molar-refractivity contribution is 5.94. The Morgan fingerprint density at radius 1 is 1.13 bits per heavy atom. The van der Waals surface area contributed by atoms with Gasteiger partial charge in [0.15, 0.2) is 28.8 Å². The molecule has 0 saturated heterocycles. The summed E-state index contributed by atoms with van der Waals surface area (Å²) in [5.41, 5.74) is 3.01. The van der Waals surface area contributed by atoms with Crippen LogP contribution in [0.25, 0.3) is 6.08 Å². The number of hydrogen-bond acceptors (Lipinski definition) is 7. The first-order valence-corrected chi connectivity index (χ1v) is 10.2. The van der Waals surface area contributed by atoms with E-state index in [-0.39, 0.29) is 18.6 Å². The summed E-state index contributed by atoms with van der Waals surface area (Å²) >= 11 is 0. The number of likely N-dealkylation sites (N-methyl/N-ethyl adjacent to an activating group) is 1. The third-order valence-corrected chi connectivity index (χ3v) is 5.81. The lowest BCUT2D eigenvalue weighted by molar-refractivity contribution is -0.115. The highest BCUT2D eigenvalue weighted by Gasteiger charge is 2.34. The summed E-state index contributed by atoms with van der Waals surface area (Å²) < 4.78 is 27.5. The maximum Gasteiger partial charge on any atom is 0.231 e. The van der Waals surface area contributed by atoms with Crippen molar-refractivity contribution in [2.45, 2.75) is 18.9 Å². The molecule has 164 valence electrons. The lowest BCUT2D eigenvalue weighted by Gasteiger charge is -2.35. The Morgan fingerprint density at radius 2 is 1.94 bits per heavy atom. The molecular weight excluding hydrogens is 398 g/mol. The molecule has 0 saturated carbocycles. The van der Waals surface area contributed by atoms with Crippen LogP contribution in [0, 0.1) is 0 Å². The second kappa shape index (κ2) is 8.89. The van der Waals surface area contributed by atoms with Gasteiger partial charge in [-0.3, -0.25) is 9.69 Å². The molecule has 2 aliphatic rings. The van der Waals surface area contributed by atoms with Crippen LogP contribution in [-0.2, 0) is 11.2 Å². The first-order chi connectivity index (χ1) is 15.0. The van der Waals surface area contributed by atoms with Crippen LogP contribution in [0.2, 0.25) is 0 Å². The second-order valence-corrected chi connectivity index (χ2v) is 7.58. The maximum atomic E-state index is 12.9. The second-order valence-electron chi connectivity index (χ2n) is 7.58. The van der Waals surface area contributed by atoms with E-state index in [2.05, 4.69) is 4.90 Å². The number of carbonyl (C=O) groups excluding carboxylic acids is 1. The van der Waals surface area contributed by atoms with E-state index in [1.807, 2.05) is 31.3 Å². The highest BCUT2D eigenvalue weighted by Crippen LogP contribution is 2.50. The first-order valence-electron chi connectivity index (χ1n) is 10.2. The molecule has 2 heterocycles. The van der Waals surface area contributed by atoms with Gasteiger partial charge in [-0.25, -0.2) is 0 Å². The minimum atomic E-state index is -0.101. The Morgan fingerprint density at radius 3 is 2.68 bits per heavy atom. The minimum Gasteiger partial charge on any atom is -0.493 e. The van der Waals surface area contributed by atoms with Crippen molar-refractivity contribution in [2.75, 3.05) is 41.7 Å². The molecule has 0 N–H and O–H groups in total. The molecule has 2 aromatic carbocycles. The normalized spacial score (nSPS) is 17.5. The van der Waals surface area contributed by atoms with Crippen molar-refractivity contribution in [1.82, 2.24) is 4.90 Å². The van der Waals surface area contributed by atoms with Crippen LogP contribution in [0.15, 0.2) is 30.3 Å². The highest BCUT2D eigenvalue weighted by atomic mass is 16.7. The van der Waals surface area contributed by atoms with Crippen molar-refractivity contribution in [3.63, 3.8) is 0 Å². The average molecular weight is 425 g/mol. The molecule has 0 aromatic heterocycles. The van der Waals surface area contributed by atoms with Gasteiger partial charge in [-0.15, -0.1) is 0 Å². The van der Waals surface area contributed by atoms with E-state index >= 15 is 0 Å². The molecule has 1 atom stereocenters. The van der Waals surface area contributed by atoms with Gasteiger partial charge < -0.3 is 23.7 Å². The molecule has 0 unspecified atom stereocenters. The molecule has 7 nitrogen and oxygen atoms in total. The molecular formula is C24H27NO6. The summed E-state index contributed by atoms with van der Waals surface area (Å²) in [5, 5.41) is 0. The summed E-state index contributed by atoms with van der Waals surface area (Å²) in [6.45, 7) is 1.04. The topological polar surface area (TPSA) is 66.5 Å². The zero-order chi connectivity index (χ0) is 22.0. The number of nitrogens with zero attached hydrogens (tertiary/aromatic N) is 1. The largest absolute Gasteiger partial charge is 0.493 e. The van der Waals surface area contributed by atoms with Crippen molar-refractivity contribution in [3.8, 4) is 28.7 Å². The quantitative estimate of drug-likeness (QED) is 0.628. The van der Waals surface area contributed by atoms with E-state index in [1.165, 1.54) is 0 Å². The predicted molar refractivity (Wildman–Crippen MR) is 116 cm³/mol. The van der Waals surface area contributed by atoms with E-state index in [0.29, 0.717) is 35.2 Å². The average Bonchev–Trinajstić information content (AvgIpc) is 3.26. The zero-order valence-corrected chi connectivity index (χ0v) is 18.3. The molecule has 0 amide bonds. The molecule has 7 heteroatoms. The standard InChI is InChI=1S/C24H27NO6/c1-25-10-9-16-12-21-23(31-14-30-21)24(29-4)22(16)18(25)13-17(26)7-5-15-6-8-19(27-2)20(11-15)28-3/h5-8,11-12,18H,9-10,13-14H2,1-4H3/t18-/m0/s1. The van der Waals surface area contributed by atoms with Gasteiger partial charge in [-0.1, -0.05) is 12.1 Å². The van der Waals surface area contributed by atoms with Crippen molar-refractivity contribution in [3.05, 3.63) is 47.0 Å². The number of rotatable bonds is 7. The van der Waals surface area contributed by atoms with Crippen LogP contribution in [0.5, 0.6) is 28.7 Å². The summed E-state index contributed by atoms with van der Waals surface area (Å²) in [4.78, 5) is 15.1. The fourth-order valence-corrected chi connectivity index (χ4v) is 4.19. The van der Waals surface area contributed by atoms with Crippen LogP contribution >= 0.6 is 0 Å². The molecule has 0 bridgehead atoms. The third-order valence-electron chi connectivity index (χ3n) is 5.81. The van der Waals surface area contributed by atoms with E-state index in [1.54, 1.807) is 33.5 Å². The van der Waals surface area contributed by atoms with E-state index in [4.69, 9.17) is 23.7 Å². The maximum absolute atomic E-state index is 12.9. The molecule has 31 heavy (non-hydrogen) atoms. The number of ketones is 1. The molecule has 0 aliphatic carbocycles. The van der Waals surface area contributed by atoms with Crippen molar-refractivity contribution < 1.29 is 28.5 Å². The Kier molecular flexibility index (Phi) is 6.04. The fourth-order valence-electron chi connectivity index (χ4n) is 4.19. The summed E-state index contributed by atoms with van der Waals surface area (Å²) in [7, 11) is 6.84. The monoisotopic (exact) mass is 425 g/mol. The summed E-state index contributed by atoms with van der Waals surface area (Å²) in [5.74, 6) is 3.29. The van der Waals surface area contributed by atoms with Gasteiger partial charge in [-0.2, -0.15) is 0 Å². The number of allylic oxidation sites excluding steroid dienone is 1. The molecule has 2 aromatic rings. The predicted octanol–water partition coefficient (Wildman–Crippen LogP) is 3.64. The minimum absolute atomic E-state index is 0.0270. The van der Waals surface area contributed by atoms with Crippen LogP contribution in [0.4, 0.5) is 0 Å². The lowest BCUT2D eigenvalue weighted by atomic mass is 9.88. The number of ether oxygens (including phenoxy) is 5. The van der Waals surface area contributed by atoms with Gasteiger partial charge in [0, 0.05) is 24.6 Å². The summed E-state index contributed by atoms with van der Waals surface area (Å²) in [6.07, 6.45) is 4.61. The van der Waals surface area contributed by atoms with Crippen LogP contribution in [-0.4, -0.2) is 52.4 Å².